The number of alkyl halides is 1. The fraction of sp³-hybridized carbons (Fsp3) is 0.600. The Hall–Kier alpha value is 0.800. The smallest absolute Gasteiger partial charge is 0.0928 e. The van der Waals surface area contributed by atoms with Crippen LogP contribution in [-0.4, -0.2) is 5.33 Å². The van der Waals surface area contributed by atoms with Gasteiger partial charge in [-0.25, -0.2) is 0 Å². The van der Waals surface area contributed by atoms with Gasteiger partial charge in [0.25, 0.3) is 0 Å². The van der Waals surface area contributed by atoms with E-state index in [1.165, 1.54) is 0 Å². The zero-order valence-corrected chi connectivity index (χ0v) is 7.43. The zero-order chi connectivity index (χ0) is 6.41. The van der Waals surface area contributed by atoms with Gasteiger partial charge in [0.1, 0.15) is 4.49 Å². The molecule has 0 spiro atoms. The van der Waals surface area contributed by atoms with Crippen molar-refractivity contribution in [1.29, 1.82) is 0 Å². The minimum Gasteiger partial charge on any atom is -0.0928 e. The van der Waals surface area contributed by atoms with Gasteiger partial charge in [-0.05, 0) is 12.8 Å². The molecule has 0 aromatic heterocycles. The summed E-state index contributed by atoms with van der Waals surface area (Å²) in [5.74, 6) is 0. The van der Waals surface area contributed by atoms with Crippen LogP contribution in [0.4, 0.5) is 0 Å². The number of halogens is 3. The lowest BCUT2D eigenvalue weighted by Gasteiger charge is -1.85. The van der Waals surface area contributed by atoms with E-state index < -0.39 is 0 Å². The molecule has 48 valence electrons. The highest BCUT2D eigenvalue weighted by Crippen LogP contribution is 2.08. The van der Waals surface area contributed by atoms with Crippen molar-refractivity contribution in [2.24, 2.45) is 0 Å². The molecule has 0 aliphatic carbocycles. The molecule has 0 N–H and O–H groups in total. The van der Waals surface area contributed by atoms with E-state index in [-0.39, 0.29) is 0 Å². The van der Waals surface area contributed by atoms with Crippen LogP contribution in [-0.2, 0) is 0 Å². The molecule has 0 aromatic carbocycles. The predicted octanol–water partition coefficient (Wildman–Crippen LogP) is 3.48. The Morgan fingerprint density at radius 3 is 2.50 bits per heavy atom. The Bertz CT molecular complexity index is 76.5. The van der Waals surface area contributed by atoms with Gasteiger partial charge in [-0.15, -0.1) is 0 Å². The van der Waals surface area contributed by atoms with Crippen LogP contribution in [0, 0.1) is 0 Å². The van der Waals surface area contributed by atoms with Crippen molar-refractivity contribution >= 4 is 39.1 Å². The van der Waals surface area contributed by atoms with Crippen LogP contribution in [0.15, 0.2) is 10.6 Å². The van der Waals surface area contributed by atoms with Crippen LogP contribution >= 0.6 is 39.1 Å². The molecule has 0 bridgehead atoms. The van der Waals surface area contributed by atoms with Gasteiger partial charge in [0.2, 0.25) is 0 Å². The first kappa shape index (κ1) is 8.80. The summed E-state index contributed by atoms with van der Waals surface area (Å²) in [4.78, 5) is 0. The van der Waals surface area contributed by atoms with Gasteiger partial charge in [-0.2, -0.15) is 0 Å². The summed E-state index contributed by atoms with van der Waals surface area (Å²) in [7, 11) is 0. The lowest BCUT2D eigenvalue weighted by atomic mass is 10.3. The van der Waals surface area contributed by atoms with Gasteiger partial charge in [-0.1, -0.05) is 45.2 Å². The van der Waals surface area contributed by atoms with Gasteiger partial charge in [0.15, 0.2) is 0 Å². The Labute approximate surface area is 68.0 Å². The minimum atomic E-state index is 0.367. The van der Waals surface area contributed by atoms with Gasteiger partial charge in [-0.3, -0.25) is 0 Å². The summed E-state index contributed by atoms with van der Waals surface area (Å²) in [6.45, 7) is 0. The largest absolute Gasteiger partial charge is 0.102 e. The van der Waals surface area contributed by atoms with E-state index in [0.29, 0.717) is 4.49 Å². The summed E-state index contributed by atoms with van der Waals surface area (Å²) in [5.41, 5.74) is 0. The molecular formula is C5H7BrCl2. The molecule has 0 nitrogen and oxygen atoms in total. The predicted molar refractivity (Wildman–Crippen MR) is 42.8 cm³/mol. The maximum absolute atomic E-state index is 5.32. The summed E-state index contributed by atoms with van der Waals surface area (Å²) < 4.78 is 0.367. The van der Waals surface area contributed by atoms with E-state index in [1.54, 1.807) is 6.08 Å². The third-order valence-electron chi connectivity index (χ3n) is 0.636. The second kappa shape index (κ2) is 5.93. The zero-order valence-electron chi connectivity index (χ0n) is 4.33. The molecule has 0 heterocycles. The molecule has 0 saturated carbocycles. The van der Waals surface area contributed by atoms with Crippen LogP contribution in [0.25, 0.3) is 0 Å². The molecule has 0 unspecified atom stereocenters. The molecule has 0 saturated heterocycles. The Balaban J connectivity index is 3.03. The fourth-order valence-corrected chi connectivity index (χ4v) is 0.830. The number of unbranched alkanes of at least 4 members (excludes halogenated alkanes) is 1. The molecule has 3 heteroatoms. The normalized spacial score (nSPS) is 8.88. The van der Waals surface area contributed by atoms with Gasteiger partial charge in [0, 0.05) is 5.33 Å². The Kier molecular flexibility index (Phi) is 6.52. The number of hydrogen-bond acceptors (Lipinski definition) is 0. The van der Waals surface area contributed by atoms with Crippen LogP contribution in [0.5, 0.6) is 0 Å². The third-order valence-corrected chi connectivity index (χ3v) is 1.51. The number of hydrogen-bond donors (Lipinski definition) is 0. The van der Waals surface area contributed by atoms with E-state index >= 15 is 0 Å². The van der Waals surface area contributed by atoms with E-state index in [4.69, 9.17) is 23.2 Å². The summed E-state index contributed by atoms with van der Waals surface area (Å²) >= 11 is 13.9. The average molecular weight is 218 g/mol. The molecule has 0 aliphatic heterocycles. The van der Waals surface area contributed by atoms with Crippen molar-refractivity contribution in [3.05, 3.63) is 10.6 Å². The standard InChI is InChI=1S/C5H7BrCl2/c6-4-2-1-3-5(7)8/h3H,1-2,4H2. The summed E-state index contributed by atoms with van der Waals surface area (Å²) in [6.07, 6.45) is 3.83. The lowest BCUT2D eigenvalue weighted by molar-refractivity contribution is 0.979. The molecule has 0 fully saturated rings. The molecule has 0 amide bonds. The fourth-order valence-electron chi connectivity index (χ4n) is 0.288. The topological polar surface area (TPSA) is 0 Å². The van der Waals surface area contributed by atoms with Crippen molar-refractivity contribution in [3.8, 4) is 0 Å². The Morgan fingerprint density at radius 1 is 1.50 bits per heavy atom. The van der Waals surface area contributed by atoms with Crippen molar-refractivity contribution in [2.75, 3.05) is 5.33 Å². The van der Waals surface area contributed by atoms with Gasteiger partial charge in [0.05, 0.1) is 0 Å². The molecule has 0 radical (unpaired) electrons. The second-order valence-electron chi connectivity index (χ2n) is 1.32. The second-order valence-corrected chi connectivity index (χ2v) is 3.13. The third kappa shape index (κ3) is 6.80. The van der Waals surface area contributed by atoms with E-state index in [0.717, 1.165) is 18.2 Å². The van der Waals surface area contributed by atoms with Crippen molar-refractivity contribution in [1.82, 2.24) is 0 Å². The highest BCUT2D eigenvalue weighted by molar-refractivity contribution is 9.09. The SMILES string of the molecule is ClC(Cl)=CCCCBr. The van der Waals surface area contributed by atoms with Gasteiger partial charge < -0.3 is 0 Å². The van der Waals surface area contributed by atoms with Crippen LogP contribution in [0.3, 0.4) is 0 Å². The Morgan fingerprint density at radius 2 is 2.12 bits per heavy atom. The van der Waals surface area contributed by atoms with E-state index in [2.05, 4.69) is 15.9 Å². The quantitative estimate of drug-likeness (QED) is 0.502. The van der Waals surface area contributed by atoms with Crippen LogP contribution in [0.1, 0.15) is 12.8 Å². The minimum absolute atomic E-state index is 0.367. The molecule has 0 atom stereocenters. The molecular weight excluding hydrogens is 211 g/mol. The highest BCUT2D eigenvalue weighted by Gasteiger charge is 1.82. The molecule has 8 heavy (non-hydrogen) atoms. The molecule has 0 aromatic rings. The number of rotatable bonds is 3. The number of allylic oxidation sites excluding steroid dienone is 1. The van der Waals surface area contributed by atoms with Crippen molar-refractivity contribution < 1.29 is 0 Å². The van der Waals surface area contributed by atoms with Crippen LogP contribution in [0.2, 0.25) is 0 Å². The monoisotopic (exact) mass is 216 g/mol. The lowest BCUT2D eigenvalue weighted by Crippen LogP contribution is -1.69. The first-order chi connectivity index (χ1) is 3.77. The average Bonchev–Trinajstić information content (AvgIpc) is 1.66. The first-order valence-corrected chi connectivity index (χ1v) is 4.22. The van der Waals surface area contributed by atoms with E-state index in [9.17, 15) is 0 Å². The molecule has 0 aliphatic rings. The first-order valence-electron chi connectivity index (χ1n) is 2.34. The maximum atomic E-state index is 5.32. The van der Waals surface area contributed by atoms with Crippen LogP contribution < -0.4 is 0 Å². The highest BCUT2D eigenvalue weighted by atomic mass is 79.9. The summed E-state index contributed by atoms with van der Waals surface area (Å²) in [5, 5.41) is 1.00. The maximum Gasteiger partial charge on any atom is 0.102 e. The molecule has 0 rings (SSSR count). The van der Waals surface area contributed by atoms with Crippen molar-refractivity contribution in [3.63, 3.8) is 0 Å². The van der Waals surface area contributed by atoms with E-state index in [1.807, 2.05) is 0 Å². The van der Waals surface area contributed by atoms with Gasteiger partial charge >= 0.3 is 0 Å². The summed E-state index contributed by atoms with van der Waals surface area (Å²) in [6, 6.07) is 0. The van der Waals surface area contributed by atoms with Crippen molar-refractivity contribution in [2.45, 2.75) is 12.8 Å².